The molecule has 0 spiro atoms. The van der Waals surface area contributed by atoms with E-state index in [1.807, 2.05) is 0 Å². The van der Waals surface area contributed by atoms with E-state index in [1.54, 1.807) is 0 Å². The van der Waals surface area contributed by atoms with Crippen LogP contribution in [0.4, 0.5) is 0 Å². The molecule has 0 unspecified atom stereocenters. The van der Waals surface area contributed by atoms with Crippen LogP contribution in [0, 0.1) is 0 Å². The number of aliphatic hydroxyl groups is 1. The molecule has 0 saturated carbocycles. The highest BCUT2D eigenvalue weighted by Gasteiger charge is 2.44. The largest absolute Gasteiger partial charge is 0.394 e. The minimum atomic E-state index is -5.06. The van der Waals surface area contributed by atoms with Crippen molar-refractivity contribution in [2.24, 2.45) is 0 Å². The second-order valence-corrected chi connectivity index (χ2v) is 7.03. The summed E-state index contributed by atoms with van der Waals surface area (Å²) in [5.41, 5.74) is -2.48. The zero-order chi connectivity index (χ0) is 14.9. The first-order valence-corrected chi connectivity index (χ1v) is 8.54. The Labute approximate surface area is 109 Å². The summed E-state index contributed by atoms with van der Waals surface area (Å²) in [5.74, 6) is 0. The van der Waals surface area contributed by atoms with Crippen molar-refractivity contribution in [2.45, 2.75) is 5.59 Å². The lowest BCUT2D eigenvalue weighted by atomic mass is 10.7. The van der Waals surface area contributed by atoms with Gasteiger partial charge >= 0.3 is 15.2 Å². The molecular formula is C7H18O10P2. The Bertz CT molecular complexity index is 300. The molecule has 0 heterocycles. The molecule has 0 aliphatic rings. The number of hydrogen-bond acceptors (Lipinski definition) is 6. The lowest BCUT2D eigenvalue weighted by Crippen LogP contribution is -2.18. The summed E-state index contributed by atoms with van der Waals surface area (Å²) < 4.78 is 35.9. The van der Waals surface area contributed by atoms with E-state index in [2.05, 4.69) is 4.74 Å². The van der Waals surface area contributed by atoms with Gasteiger partial charge in [-0.25, -0.2) is 0 Å². The summed E-state index contributed by atoms with van der Waals surface area (Å²) in [5, 5.41) is 8.39. The second-order valence-electron chi connectivity index (χ2n) is 3.32. The van der Waals surface area contributed by atoms with Gasteiger partial charge in [-0.05, 0) is 0 Å². The van der Waals surface area contributed by atoms with Gasteiger partial charge in [0.15, 0.2) is 0 Å². The van der Waals surface area contributed by atoms with Crippen molar-refractivity contribution in [1.82, 2.24) is 0 Å². The molecule has 0 bridgehead atoms. The molecule has 0 atom stereocenters. The Balaban J connectivity index is 3.85. The Morgan fingerprint density at radius 3 is 1.63 bits per heavy atom. The molecule has 0 amide bonds. The Morgan fingerprint density at radius 2 is 1.21 bits per heavy atom. The first kappa shape index (κ1) is 19.1. The van der Waals surface area contributed by atoms with Crippen LogP contribution < -0.4 is 0 Å². The maximum Gasteiger partial charge on any atom is 0.366 e. The molecule has 19 heavy (non-hydrogen) atoms. The van der Waals surface area contributed by atoms with Gasteiger partial charge in [-0.15, -0.1) is 0 Å². The summed E-state index contributed by atoms with van der Waals surface area (Å²) >= 11 is 0. The van der Waals surface area contributed by atoms with Crippen LogP contribution in [0.1, 0.15) is 0 Å². The maximum atomic E-state index is 10.8. The van der Waals surface area contributed by atoms with Crippen molar-refractivity contribution >= 4 is 15.2 Å². The Morgan fingerprint density at radius 1 is 0.789 bits per heavy atom. The molecule has 0 rings (SSSR count). The van der Waals surface area contributed by atoms with Gasteiger partial charge < -0.3 is 38.9 Å². The highest BCUT2D eigenvalue weighted by molar-refractivity contribution is 7.70. The Hall–Kier alpha value is 0.140. The molecule has 12 heteroatoms. The molecule has 0 aromatic rings. The average molecular weight is 324 g/mol. The predicted molar refractivity (Wildman–Crippen MR) is 62.6 cm³/mol. The first-order chi connectivity index (χ1) is 8.69. The molecule has 116 valence electrons. The zero-order valence-corrected chi connectivity index (χ0v) is 11.8. The van der Waals surface area contributed by atoms with Crippen LogP contribution in [-0.2, 0) is 23.3 Å². The molecule has 0 fully saturated rings. The number of rotatable bonds is 11. The molecule has 10 nitrogen and oxygen atoms in total. The fourth-order valence-corrected chi connectivity index (χ4v) is 3.16. The predicted octanol–water partition coefficient (Wildman–Crippen LogP) is -1.33. The summed E-state index contributed by atoms with van der Waals surface area (Å²) in [7, 11) is -10.1. The topological polar surface area (TPSA) is 163 Å². The molecule has 5 N–H and O–H groups in total. The van der Waals surface area contributed by atoms with Gasteiger partial charge in [-0.3, -0.25) is 9.13 Å². The summed E-state index contributed by atoms with van der Waals surface area (Å²) in [6.45, 7) is -0.0889. The van der Waals surface area contributed by atoms with Crippen LogP contribution in [-0.4, -0.2) is 69.9 Å². The van der Waals surface area contributed by atoms with Crippen molar-refractivity contribution in [1.29, 1.82) is 0 Å². The molecule has 0 radical (unpaired) electrons. The number of ether oxygens (including phenoxy) is 3. The summed E-state index contributed by atoms with van der Waals surface area (Å²) in [6, 6.07) is 0. The third-order valence-corrected chi connectivity index (χ3v) is 4.93. The third-order valence-electron chi connectivity index (χ3n) is 1.68. The van der Waals surface area contributed by atoms with Crippen molar-refractivity contribution < 1.29 is 48.0 Å². The van der Waals surface area contributed by atoms with Gasteiger partial charge in [-0.2, -0.15) is 0 Å². The van der Waals surface area contributed by atoms with Gasteiger partial charge in [0.2, 0.25) is 0 Å². The normalized spacial score (nSPS) is 13.2. The van der Waals surface area contributed by atoms with E-state index < -0.39 is 20.8 Å². The van der Waals surface area contributed by atoms with Crippen molar-refractivity contribution in [3.8, 4) is 0 Å². The third kappa shape index (κ3) is 9.64. The minimum absolute atomic E-state index is 0.112. The van der Waals surface area contributed by atoms with Crippen LogP contribution >= 0.6 is 15.2 Å². The SMILES string of the molecule is O=P(O)(O)C(OCCOCCOCCO)P(=O)(O)O. The molecule has 0 aromatic heterocycles. The van der Waals surface area contributed by atoms with Gasteiger partial charge in [-0.1, -0.05) is 0 Å². The number of hydrogen-bond donors (Lipinski definition) is 5. The first-order valence-electron chi connectivity index (χ1n) is 5.18. The van der Waals surface area contributed by atoms with E-state index in [1.165, 1.54) is 0 Å². The van der Waals surface area contributed by atoms with E-state index in [-0.39, 0.29) is 39.6 Å². The standard InChI is InChI=1S/C7H18O10P2/c8-1-2-15-3-4-16-5-6-17-7(18(9,10)11)19(12,13)14/h7-8H,1-6H2,(H2,9,10,11)(H2,12,13,14). The molecule has 0 aliphatic carbocycles. The lowest BCUT2D eigenvalue weighted by molar-refractivity contribution is 0.00566. The fourth-order valence-electron chi connectivity index (χ4n) is 0.989. The van der Waals surface area contributed by atoms with Gasteiger partial charge in [0, 0.05) is 0 Å². The zero-order valence-electron chi connectivity index (χ0n) is 9.99. The average Bonchev–Trinajstić information content (AvgIpc) is 2.23. The van der Waals surface area contributed by atoms with Crippen molar-refractivity contribution in [2.75, 3.05) is 39.6 Å². The molecule has 0 aliphatic heterocycles. The monoisotopic (exact) mass is 324 g/mol. The maximum absolute atomic E-state index is 10.8. The van der Waals surface area contributed by atoms with Crippen LogP contribution in [0.25, 0.3) is 0 Å². The summed E-state index contributed by atoms with van der Waals surface area (Å²) in [6.07, 6.45) is 0. The molecular weight excluding hydrogens is 306 g/mol. The second kappa shape index (κ2) is 9.15. The smallest absolute Gasteiger partial charge is 0.366 e. The van der Waals surface area contributed by atoms with Crippen molar-refractivity contribution in [3.05, 3.63) is 0 Å². The van der Waals surface area contributed by atoms with Gasteiger partial charge in [0.1, 0.15) is 0 Å². The quantitative estimate of drug-likeness (QED) is 0.227. The van der Waals surface area contributed by atoms with E-state index in [9.17, 15) is 9.13 Å². The Kier molecular flexibility index (Phi) is 9.21. The van der Waals surface area contributed by atoms with Gasteiger partial charge in [0.25, 0.3) is 5.59 Å². The van der Waals surface area contributed by atoms with E-state index in [0.717, 1.165) is 0 Å². The van der Waals surface area contributed by atoms with Crippen LogP contribution in [0.2, 0.25) is 0 Å². The van der Waals surface area contributed by atoms with E-state index in [0.29, 0.717) is 0 Å². The fraction of sp³-hybridized carbons (Fsp3) is 1.00. The van der Waals surface area contributed by atoms with Crippen LogP contribution in [0.5, 0.6) is 0 Å². The van der Waals surface area contributed by atoms with E-state index >= 15 is 0 Å². The molecule has 0 aromatic carbocycles. The van der Waals surface area contributed by atoms with Crippen LogP contribution in [0.3, 0.4) is 0 Å². The van der Waals surface area contributed by atoms with Crippen molar-refractivity contribution in [3.63, 3.8) is 0 Å². The highest BCUT2D eigenvalue weighted by atomic mass is 31.2. The van der Waals surface area contributed by atoms with Crippen LogP contribution in [0.15, 0.2) is 0 Å². The lowest BCUT2D eigenvalue weighted by Gasteiger charge is -2.19. The minimum Gasteiger partial charge on any atom is -0.394 e. The molecule has 0 saturated heterocycles. The summed E-state index contributed by atoms with van der Waals surface area (Å²) in [4.78, 5) is 34.9. The van der Waals surface area contributed by atoms with Gasteiger partial charge in [0.05, 0.1) is 39.6 Å². The van der Waals surface area contributed by atoms with E-state index in [4.69, 9.17) is 34.2 Å². The highest BCUT2D eigenvalue weighted by Crippen LogP contribution is 2.60. The number of aliphatic hydroxyl groups excluding tert-OH is 1.